The van der Waals surface area contributed by atoms with Gasteiger partial charge in [-0.2, -0.15) is 11.8 Å². The van der Waals surface area contributed by atoms with Gasteiger partial charge in [-0.25, -0.2) is 0 Å². The van der Waals surface area contributed by atoms with Crippen LogP contribution in [0.4, 0.5) is 0 Å². The summed E-state index contributed by atoms with van der Waals surface area (Å²) < 4.78 is 0. The summed E-state index contributed by atoms with van der Waals surface area (Å²) in [5, 5.41) is 6.75. The number of nitrogens with one attached hydrogen (secondary N) is 2. The number of hydrogen-bond donors (Lipinski definition) is 2. The van der Waals surface area contributed by atoms with E-state index in [1.165, 1.54) is 25.9 Å². The quantitative estimate of drug-likeness (QED) is 0.325. The van der Waals surface area contributed by atoms with Gasteiger partial charge in [-0.3, -0.25) is 4.99 Å². The second kappa shape index (κ2) is 11.2. The fourth-order valence-electron chi connectivity index (χ4n) is 2.17. The van der Waals surface area contributed by atoms with Crippen LogP contribution in [0.3, 0.4) is 0 Å². The zero-order chi connectivity index (χ0) is 12.5. The fourth-order valence-corrected chi connectivity index (χ4v) is 2.48. The molecule has 108 valence electrons. The molecule has 0 radical (unpaired) electrons. The lowest BCUT2D eigenvalue weighted by Crippen LogP contribution is -2.44. The van der Waals surface area contributed by atoms with E-state index in [9.17, 15) is 0 Å². The average molecular weight is 386 g/mol. The van der Waals surface area contributed by atoms with Gasteiger partial charge in [0.2, 0.25) is 0 Å². The van der Waals surface area contributed by atoms with Crippen LogP contribution < -0.4 is 10.6 Å². The lowest BCUT2D eigenvalue weighted by Gasteiger charge is -2.30. The Morgan fingerprint density at radius 1 is 1.44 bits per heavy atom. The van der Waals surface area contributed by atoms with Crippen molar-refractivity contribution in [3.05, 3.63) is 0 Å². The maximum Gasteiger partial charge on any atom is 0.191 e. The molecular weight excluding hydrogens is 359 g/mol. The number of halogens is 1. The molecule has 1 rings (SSSR count). The molecule has 1 aliphatic heterocycles. The minimum atomic E-state index is 0. The maximum atomic E-state index is 4.23. The van der Waals surface area contributed by atoms with Crippen molar-refractivity contribution in [2.24, 2.45) is 10.9 Å². The molecule has 1 atom stereocenters. The second-order valence-corrected chi connectivity index (χ2v) is 5.63. The molecule has 4 nitrogen and oxygen atoms in total. The molecule has 0 amide bonds. The summed E-state index contributed by atoms with van der Waals surface area (Å²) in [6.07, 6.45) is 4.77. The second-order valence-electron chi connectivity index (χ2n) is 4.64. The molecule has 18 heavy (non-hydrogen) atoms. The minimum absolute atomic E-state index is 0. The fraction of sp³-hybridized carbons (Fsp3) is 0.917. The molecule has 2 N–H and O–H groups in total. The van der Waals surface area contributed by atoms with Crippen LogP contribution in [0.1, 0.15) is 12.8 Å². The number of hydrogen-bond acceptors (Lipinski definition) is 3. The third kappa shape index (κ3) is 7.68. The Morgan fingerprint density at radius 3 is 2.83 bits per heavy atom. The van der Waals surface area contributed by atoms with Crippen molar-refractivity contribution in [3.63, 3.8) is 0 Å². The Bertz CT molecular complexity index is 238. The highest BCUT2D eigenvalue weighted by Gasteiger charge is 2.16. The number of guanidine groups is 1. The van der Waals surface area contributed by atoms with E-state index in [0.717, 1.165) is 30.7 Å². The summed E-state index contributed by atoms with van der Waals surface area (Å²) in [5.74, 6) is 2.81. The van der Waals surface area contributed by atoms with Gasteiger partial charge in [-0.1, -0.05) is 0 Å². The van der Waals surface area contributed by atoms with Gasteiger partial charge < -0.3 is 15.5 Å². The molecule has 0 aliphatic carbocycles. The van der Waals surface area contributed by atoms with Crippen molar-refractivity contribution in [2.45, 2.75) is 12.8 Å². The van der Waals surface area contributed by atoms with E-state index in [1.54, 1.807) is 0 Å². The molecule has 0 saturated carbocycles. The summed E-state index contributed by atoms with van der Waals surface area (Å²) >= 11 is 1.85. The molecule has 1 unspecified atom stereocenters. The van der Waals surface area contributed by atoms with Gasteiger partial charge in [0.15, 0.2) is 5.96 Å². The summed E-state index contributed by atoms with van der Waals surface area (Å²) in [6, 6.07) is 0. The van der Waals surface area contributed by atoms with E-state index in [0.29, 0.717) is 0 Å². The van der Waals surface area contributed by atoms with Crippen LogP contribution in [0.15, 0.2) is 4.99 Å². The highest BCUT2D eigenvalue weighted by Crippen LogP contribution is 2.13. The van der Waals surface area contributed by atoms with Crippen molar-refractivity contribution >= 4 is 41.7 Å². The zero-order valence-corrected chi connectivity index (χ0v) is 14.9. The number of rotatable bonds is 5. The van der Waals surface area contributed by atoms with Gasteiger partial charge in [0, 0.05) is 32.4 Å². The van der Waals surface area contributed by atoms with Crippen LogP contribution in [0.5, 0.6) is 0 Å². The predicted octanol–water partition coefficient (Wildman–Crippen LogP) is 1.47. The first-order chi connectivity index (χ1) is 8.26. The molecule has 0 spiro atoms. The Kier molecular flexibility index (Phi) is 11.4. The SMILES string of the molecule is CN=C(NCCSC)NCC1CCCN(C)C1.I. The van der Waals surface area contributed by atoms with Crippen LogP contribution in [-0.2, 0) is 0 Å². The molecule has 1 saturated heterocycles. The lowest BCUT2D eigenvalue weighted by molar-refractivity contribution is 0.210. The predicted molar refractivity (Wildman–Crippen MR) is 93.4 cm³/mol. The lowest BCUT2D eigenvalue weighted by atomic mass is 9.99. The third-order valence-electron chi connectivity index (χ3n) is 3.10. The normalized spacial score (nSPS) is 21.3. The Labute approximate surface area is 133 Å². The van der Waals surface area contributed by atoms with Gasteiger partial charge in [0.05, 0.1) is 0 Å². The van der Waals surface area contributed by atoms with Crippen LogP contribution in [0, 0.1) is 5.92 Å². The molecule has 6 heteroatoms. The molecule has 1 heterocycles. The summed E-state index contributed by atoms with van der Waals surface area (Å²) in [6.45, 7) is 4.46. The van der Waals surface area contributed by atoms with E-state index in [1.807, 2.05) is 18.8 Å². The Morgan fingerprint density at radius 2 is 2.22 bits per heavy atom. The Hall–Kier alpha value is 0.310. The number of aliphatic imine (C=N–C) groups is 1. The largest absolute Gasteiger partial charge is 0.356 e. The van der Waals surface area contributed by atoms with Crippen molar-refractivity contribution in [1.82, 2.24) is 15.5 Å². The molecular formula is C12H27IN4S. The van der Waals surface area contributed by atoms with E-state index >= 15 is 0 Å². The van der Waals surface area contributed by atoms with Crippen molar-refractivity contribution in [1.29, 1.82) is 0 Å². The summed E-state index contributed by atoms with van der Waals surface area (Å²) in [7, 11) is 4.04. The van der Waals surface area contributed by atoms with E-state index in [4.69, 9.17) is 0 Å². The van der Waals surface area contributed by atoms with E-state index in [2.05, 4.69) is 33.8 Å². The molecule has 0 aromatic rings. The van der Waals surface area contributed by atoms with Gasteiger partial charge in [-0.05, 0) is 38.6 Å². The maximum absolute atomic E-state index is 4.23. The third-order valence-corrected chi connectivity index (χ3v) is 3.71. The van der Waals surface area contributed by atoms with Crippen LogP contribution in [0.25, 0.3) is 0 Å². The van der Waals surface area contributed by atoms with E-state index < -0.39 is 0 Å². The van der Waals surface area contributed by atoms with Gasteiger partial charge in [-0.15, -0.1) is 24.0 Å². The standard InChI is InChI=1S/C12H26N4S.HI/c1-13-12(14-6-8-17-3)15-9-11-5-4-7-16(2)10-11;/h11H,4-10H2,1-3H3,(H2,13,14,15);1H. The first-order valence-corrected chi connectivity index (χ1v) is 7.77. The average Bonchev–Trinajstić information content (AvgIpc) is 2.34. The van der Waals surface area contributed by atoms with Crippen molar-refractivity contribution < 1.29 is 0 Å². The monoisotopic (exact) mass is 386 g/mol. The first-order valence-electron chi connectivity index (χ1n) is 6.38. The minimum Gasteiger partial charge on any atom is -0.356 e. The number of nitrogens with zero attached hydrogens (tertiary/aromatic N) is 2. The van der Waals surface area contributed by atoms with Crippen LogP contribution in [-0.4, -0.2) is 63.1 Å². The highest BCUT2D eigenvalue weighted by molar-refractivity contribution is 14.0. The van der Waals surface area contributed by atoms with Gasteiger partial charge >= 0.3 is 0 Å². The van der Waals surface area contributed by atoms with E-state index in [-0.39, 0.29) is 24.0 Å². The molecule has 1 fully saturated rings. The highest BCUT2D eigenvalue weighted by atomic mass is 127. The van der Waals surface area contributed by atoms with Gasteiger partial charge in [0.25, 0.3) is 0 Å². The zero-order valence-electron chi connectivity index (χ0n) is 11.7. The molecule has 0 bridgehead atoms. The van der Waals surface area contributed by atoms with Crippen LogP contribution in [0.2, 0.25) is 0 Å². The molecule has 0 aromatic carbocycles. The summed E-state index contributed by atoms with van der Waals surface area (Å²) in [4.78, 5) is 6.65. The van der Waals surface area contributed by atoms with Gasteiger partial charge in [0.1, 0.15) is 0 Å². The molecule has 0 aromatic heterocycles. The smallest absolute Gasteiger partial charge is 0.191 e. The Balaban J connectivity index is 0.00000289. The first kappa shape index (κ1) is 18.3. The van der Waals surface area contributed by atoms with Crippen molar-refractivity contribution in [3.8, 4) is 0 Å². The number of piperidine rings is 1. The number of thioether (sulfide) groups is 1. The van der Waals surface area contributed by atoms with Crippen LogP contribution >= 0.6 is 35.7 Å². The number of likely N-dealkylation sites (tertiary alicyclic amines) is 1. The molecule has 1 aliphatic rings. The summed E-state index contributed by atoms with van der Waals surface area (Å²) in [5.41, 5.74) is 0. The topological polar surface area (TPSA) is 39.7 Å². The van der Waals surface area contributed by atoms with Crippen molar-refractivity contribution in [2.75, 3.05) is 52.3 Å².